The number of halogens is 1. The van der Waals surface area contributed by atoms with E-state index in [-0.39, 0.29) is 11.3 Å². The summed E-state index contributed by atoms with van der Waals surface area (Å²) in [6, 6.07) is 1.16. The molecule has 0 saturated heterocycles. The van der Waals surface area contributed by atoms with Crippen LogP contribution in [0.4, 0.5) is 15.8 Å². The molecule has 1 atom stereocenters. The fourth-order valence-corrected chi connectivity index (χ4v) is 1.74. The molecule has 0 radical (unpaired) electrons. The third kappa shape index (κ3) is 1.41. The van der Waals surface area contributed by atoms with Crippen LogP contribution in [-0.2, 0) is 4.79 Å². The Morgan fingerprint density at radius 3 is 2.81 bits per heavy atom. The van der Waals surface area contributed by atoms with Crippen LogP contribution in [0.2, 0.25) is 0 Å². The fourth-order valence-electron chi connectivity index (χ4n) is 1.74. The lowest BCUT2D eigenvalue weighted by molar-refractivity contribution is -0.384. The summed E-state index contributed by atoms with van der Waals surface area (Å²) in [6.07, 6.45) is 0. The van der Waals surface area contributed by atoms with Gasteiger partial charge in [0.1, 0.15) is 17.5 Å². The van der Waals surface area contributed by atoms with Crippen molar-refractivity contribution >= 4 is 17.3 Å². The van der Waals surface area contributed by atoms with E-state index in [2.05, 4.69) is 10.6 Å². The van der Waals surface area contributed by atoms with Crippen LogP contribution >= 0.6 is 0 Å². The lowest BCUT2D eigenvalue weighted by atomic mass is 10.1. The maximum absolute atomic E-state index is 13.1. The first-order valence-electron chi connectivity index (χ1n) is 4.50. The summed E-state index contributed by atoms with van der Waals surface area (Å²) >= 11 is 0. The fraction of sp³-hybridized carbons (Fsp3) is 0.222. The number of hydrogen-bond donors (Lipinski definition) is 2. The van der Waals surface area contributed by atoms with E-state index < -0.39 is 28.4 Å². The van der Waals surface area contributed by atoms with E-state index in [9.17, 15) is 19.3 Å². The second-order valence-electron chi connectivity index (χ2n) is 3.36. The number of hydrogen-bond acceptors (Lipinski definition) is 4. The highest BCUT2D eigenvalue weighted by Gasteiger charge is 2.35. The molecule has 1 aliphatic heterocycles. The van der Waals surface area contributed by atoms with Crippen molar-refractivity contribution in [2.45, 2.75) is 6.04 Å². The maximum Gasteiger partial charge on any atom is 0.296 e. The first kappa shape index (κ1) is 10.5. The number of rotatable bonds is 2. The van der Waals surface area contributed by atoms with E-state index >= 15 is 0 Å². The zero-order valence-electron chi connectivity index (χ0n) is 8.28. The second-order valence-corrected chi connectivity index (χ2v) is 3.36. The number of anilines is 1. The van der Waals surface area contributed by atoms with Gasteiger partial charge in [-0.25, -0.2) is 4.39 Å². The minimum absolute atomic E-state index is 0.0655. The number of carbonyl (C=O) groups excluding carboxylic acids is 1. The lowest BCUT2D eigenvalue weighted by Gasteiger charge is -2.05. The molecule has 1 aromatic rings. The zero-order valence-corrected chi connectivity index (χ0v) is 8.28. The van der Waals surface area contributed by atoms with Gasteiger partial charge >= 0.3 is 0 Å². The summed E-state index contributed by atoms with van der Waals surface area (Å²) in [7, 11) is 1.52. The van der Waals surface area contributed by atoms with Gasteiger partial charge in [0, 0.05) is 5.56 Å². The van der Waals surface area contributed by atoms with E-state index in [0.29, 0.717) is 0 Å². The summed E-state index contributed by atoms with van der Waals surface area (Å²) in [5.41, 5.74) is -0.101. The summed E-state index contributed by atoms with van der Waals surface area (Å²) in [5.74, 6) is -1.16. The maximum atomic E-state index is 13.1. The predicted octanol–water partition coefficient (Wildman–Crippen LogP) is 0.947. The van der Waals surface area contributed by atoms with E-state index in [1.165, 1.54) is 7.05 Å². The number of amides is 1. The van der Waals surface area contributed by atoms with Crippen LogP contribution in [0.5, 0.6) is 0 Å². The van der Waals surface area contributed by atoms with Crippen molar-refractivity contribution in [3.05, 3.63) is 33.6 Å². The van der Waals surface area contributed by atoms with Crippen molar-refractivity contribution in [3.63, 3.8) is 0 Å². The first-order chi connectivity index (χ1) is 7.54. The Kier molecular flexibility index (Phi) is 2.31. The summed E-state index contributed by atoms with van der Waals surface area (Å²) < 4.78 is 13.1. The minimum atomic E-state index is -0.746. The van der Waals surface area contributed by atoms with Crippen LogP contribution in [0.25, 0.3) is 0 Å². The Bertz CT molecular complexity index is 489. The number of nitro benzene ring substituents is 1. The number of carbonyl (C=O) groups is 1. The standard InChI is InChI=1S/C9H8FN3O3/c1-11-8-5-2-4(10)3-6(13(15)16)7(5)12-9(8)14/h2-3,8,11H,1H3,(H,12,14). The second kappa shape index (κ2) is 3.53. The molecule has 2 N–H and O–H groups in total. The Labute approximate surface area is 89.6 Å². The highest BCUT2D eigenvalue weighted by molar-refractivity contribution is 6.04. The van der Waals surface area contributed by atoms with Gasteiger partial charge < -0.3 is 10.6 Å². The Morgan fingerprint density at radius 1 is 1.56 bits per heavy atom. The normalized spacial score (nSPS) is 18.1. The van der Waals surface area contributed by atoms with Crippen molar-refractivity contribution in [1.82, 2.24) is 5.32 Å². The van der Waals surface area contributed by atoms with Crippen LogP contribution in [0, 0.1) is 15.9 Å². The molecule has 1 aliphatic rings. The monoisotopic (exact) mass is 225 g/mol. The van der Waals surface area contributed by atoms with Gasteiger partial charge in [-0.05, 0) is 13.1 Å². The summed E-state index contributed by atoms with van der Waals surface area (Å²) in [4.78, 5) is 21.4. The van der Waals surface area contributed by atoms with Gasteiger partial charge in [-0.3, -0.25) is 14.9 Å². The summed E-state index contributed by atoms with van der Waals surface area (Å²) in [6.45, 7) is 0. The van der Waals surface area contributed by atoms with Crippen molar-refractivity contribution in [2.24, 2.45) is 0 Å². The molecule has 7 heteroatoms. The average Bonchev–Trinajstić information content (AvgIpc) is 2.52. The van der Waals surface area contributed by atoms with Gasteiger partial charge in [0.05, 0.1) is 11.0 Å². The number of likely N-dealkylation sites (N-methyl/N-ethyl adjacent to an activating group) is 1. The van der Waals surface area contributed by atoms with Gasteiger partial charge in [-0.1, -0.05) is 0 Å². The molecular formula is C9H8FN3O3. The largest absolute Gasteiger partial charge is 0.318 e. The third-order valence-electron chi connectivity index (χ3n) is 2.42. The molecule has 1 unspecified atom stereocenters. The molecule has 0 spiro atoms. The number of benzene rings is 1. The van der Waals surface area contributed by atoms with Crippen LogP contribution < -0.4 is 10.6 Å². The van der Waals surface area contributed by atoms with Crippen molar-refractivity contribution < 1.29 is 14.1 Å². The zero-order chi connectivity index (χ0) is 11.9. The predicted molar refractivity (Wildman–Crippen MR) is 53.5 cm³/mol. The summed E-state index contributed by atoms with van der Waals surface area (Å²) in [5, 5.41) is 15.7. The van der Waals surface area contributed by atoms with Gasteiger partial charge in [0.2, 0.25) is 5.91 Å². The van der Waals surface area contributed by atoms with Gasteiger partial charge in [-0.15, -0.1) is 0 Å². The number of nitrogens with one attached hydrogen (secondary N) is 2. The van der Waals surface area contributed by atoms with E-state index in [1.807, 2.05) is 0 Å². The van der Waals surface area contributed by atoms with E-state index in [1.54, 1.807) is 0 Å². The SMILES string of the molecule is CNC1C(=O)Nc2c1cc(F)cc2[N+](=O)[O-]. The molecule has 2 rings (SSSR count). The van der Waals surface area contributed by atoms with Crippen LogP contribution in [0.3, 0.4) is 0 Å². The van der Waals surface area contributed by atoms with Crippen molar-refractivity contribution in [2.75, 3.05) is 12.4 Å². The van der Waals surface area contributed by atoms with Crippen LogP contribution in [-0.4, -0.2) is 17.9 Å². The molecule has 16 heavy (non-hydrogen) atoms. The van der Waals surface area contributed by atoms with Gasteiger partial charge in [-0.2, -0.15) is 0 Å². The number of nitrogens with zero attached hydrogens (tertiary/aromatic N) is 1. The molecule has 0 fully saturated rings. The minimum Gasteiger partial charge on any atom is -0.318 e. The van der Waals surface area contributed by atoms with Crippen molar-refractivity contribution in [1.29, 1.82) is 0 Å². The molecule has 1 heterocycles. The average molecular weight is 225 g/mol. The first-order valence-corrected chi connectivity index (χ1v) is 4.50. The highest BCUT2D eigenvalue weighted by atomic mass is 19.1. The van der Waals surface area contributed by atoms with Crippen LogP contribution in [0.15, 0.2) is 12.1 Å². The molecule has 84 valence electrons. The van der Waals surface area contributed by atoms with E-state index in [0.717, 1.165) is 12.1 Å². The van der Waals surface area contributed by atoms with Gasteiger partial charge in [0.15, 0.2) is 0 Å². The molecule has 1 amide bonds. The molecule has 0 aliphatic carbocycles. The molecule has 0 bridgehead atoms. The smallest absolute Gasteiger partial charge is 0.296 e. The highest BCUT2D eigenvalue weighted by Crippen LogP contribution is 2.38. The Balaban J connectivity index is 2.64. The topological polar surface area (TPSA) is 84.3 Å². The Hall–Kier alpha value is -2.02. The quantitative estimate of drug-likeness (QED) is 0.579. The van der Waals surface area contributed by atoms with Crippen LogP contribution in [0.1, 0.15) is 11.6 Å². The third-order valence-corrected chi connectivity index (χ3v) is 2.42. The van der Waals surface area contributed by atoms with Gasteiger partial charge in [0.25, 0.3) is 5.69 Å². The molecule has 0 aromatic heterocycles. The number of nitro groups is 1. The Morgan fingerprint density at radius 2 is 2.25 bits per heavy atom. The van der Waals surface area contributed by atoms with Crippen molar-refractivity contribution in [3.8, 4) is 0 Å². The number of fused-ring (bicyclic) bond motifs is 1. The molecular weight excluding hydrogens is 217 g/mol. The van der Waals surface area contributed by atoms with E-state index in [4.69, 9.17) is 0 Å². The molecule has 6 nitrogen and oxygen atoms in total. The molecule has 1 aromatic carbocycles. The lowest BCUT2D eigenvalue weighted by Crippen LogP contribution is -2.23. The molecule has 0 saturated carbocycles.